The molecular weight excluding hydrogens is 230 g/mol. The Morgan fingerprint density at radius 1 is 1.33 bits per heavy atom. The van der Waals surface area contributed by atoms with Crippen molar-refractivity contribution in [3.05, 3.63) is 5.56 Å². The molecule has 1 aromatic heterocycles. The van der Waals surface area contributed by atoms with Gasteiger partial charge >= 0.3 is 0 Å². The van der Waals surface area contributed by atoms with Crippen LogP contribution in [0, 0.1) is 11.3 Å². The summed E-state index contributed by atoms with van der Waals surface area (Å²) in [5, 5.41) is 13.8. The van der Waals surface area contributed by atoms with Gasteiger partial charge in [-0.2, -0.15) is 10.4 Å². The van der Waals surface area contributed by atoms with Crippen molar-refractivity contribution in [2.24, 2.45) is 0 Å². The van der Waals surface area contributed by atoms with Gasteiger partial charge in [-0.15, -0.1) is 0 Å². The smallest absolute Gasteiger partial charge is 0.171 e. The standard InChI is InChI=1S/C12H19N5O/c1-12(2,3)17-10(14)9(8-13)11(15-17)16-4-6-18-7-5-16/h4-7,14H2,1-3H3. The van der Waals surface area contributed by atoms with Gasteiger partial charge in [0.1, 0.15) is 17.5 Å². The number of anilines is 2. The predicted octanol–water partition coefficient (Wildman–Crippen LogP) is 0.929. The number of hydrogen-bond donors (Lipinski definition) is 1. The second-order valence-electron chi connectivity index (χ2n) is 5.38. The number of nitrogen functional groups attached to an aromatic ring is 1. The zero-order chi connectivity index (χ0) is 13.3. The Morgan fingerprint density at radius 2 is 1.94 bits per heavy atom. The van der Waals surface area contributed by atoms with E-state index in [4.69, 9.17) is 10.5 Å². The molecule has 0 aromatic carbocycles. The van der Waals surface area contributed by atoms with Crippen LogP contribution in [0.1, 0.15) is 26.3 Å². The van der Waals surface area contributed by atoms with Crippen molar-refractivity contribution in [1.29, 1.82) is 5.26 Å². The van der Waals surface area contributed by atoms with Crippen LogP contribution in [0.2, 0.25) is 0 Å². The van der Waals surface area contributed by atoms with Crippen molar-refractivity contribution < 1.29 is 4.74 Å². The zero-order valence-corrected chi connectivity index (χ0v) is 11.1. The summed E-state index contributed by atoms with van der Waals surface area (Å²) in [5.74, 6) is 1.11. The van der Waals surface area contributed by atoms with Crippen LogP contribution in [-0.4, -0.2) is 36.1 Å². The first-order valence-corrected chi connectivity index (χ1v) is 6.07. The molecule has 1 aromatic rings. The Kier molecular flexibility index (Phi) is 3.18. The van der Waals surface area contributed by atoms with Gasteiger partial charge in [-0.1, -0.05) is 0 Å². The molecule has 0 bridgehead atoms. The third kappa shape index (κ3) is 2.14. The van der Waals surface area contributed by atoms with E-state index < -0.39 is 0 Å². The van der Waals surface area contributed by atoms with E-state index in [9.17, 15) is 5.26 Å². The molecule has 0 radical (unpaired) electrons. The van der Waals surface area contributed by atoms with Crippen LogP contribution >= 0.6 is 0 Å². The minimum Gasteiger partial charge on any atom is -0.383 e. The molecule has 2 rings (SSSR count). The molecule has 1 aliphatic rings. The van der Waals surface area contributed by atoms with Gasteiger partial charge < -0.3 is 15.4 Å². The molecule has 98 valence electrons. The highest BCUT2D eigenvalue weighted by molar-refractivity contribution is 5.65. The molecule has 2 N–H and O–H groups in total. The molecule has 2 heterocycles. The molecule has 0 unspecified atom stereocenters. The number of rotatable bonds is 1. The third-order valence-electron chi connectivity index (χ3n) is 2.96. The minimum absolute atomic E-state index is 0.236. The summed E-state index contributed by atoms with van der Waals surface area (Å²) in [5.41, 5.74) is 6.26. The fraction of sp³-hybridized carbons (Fsp3) is 0.667. The fourth-order valence-corrected chi connectivity index (χ4v) is 2.03. The molecule has 1 aliphatic heterocycles. The largest absolute Gasteiger partial charge is 0.383 e. The number of ether oxygens (including phenoxy) is 1. The van der Waals surface area contributed by atoms with Crippen molar-refractivity contribution in [1.82, 2.24) is 9.78 Å². The van der Waals surface area contributed by atoms with E-state index in [2.05, 4.69) is 16.1 Å². The van der Waals surface area contributed by atoms with Gasteiger partial charge in [-0.3, -0.25) is 0 Å². The monoisotopic (exact) mass is 249 g/mol. The van der Waals surface area contributed by atoms with Gasteiger partial charge in [-0.05, 0) is 20.8 Å². The number of hydrogen-bond acceptors (Lipinski definition) is 5. The van der Waals surface area contributed by atoms with E-state index >= 15 is 0 Å². The number of nitrogens with two attached hydrogens (primary N) is 1. The Labute approximate surface area is 107 Å². The molecule has 18 heavy (non-hydrogen) atoms. The van der Waals surface area contributed by atoms with Crippen molar-refractivity contribution in [3.8, 4) is 6.07 Å². The first kappa shape index (κ1) is 12.7. The Hall–Kier alpha value is -1.74. The van der Waals surface area contributed by atoms with E-state index in [1.807, 2.05) is 20.8 Å². The maximum absolute atomic E-state index is 9.27. The van der Waals surface area contributed by atoms with Crippen LogP contribution in [0.3, 0.4) is 0 Å². The lowest BCUT2D eigenvalue weighted by atomic mass is 10.1. The minimum atomic E-state index is -0.236. The van der Waals surface area contributed by atoms with E-state index in [0.29, 0.717) is 30.4 Å². The number of aromatic nitrogens is 2. The normalized spacial score (nSPS) is 16.7. The van der Waals surface area contributed by atoms with Gasteiger partial charge in [0.15, 0.2) is 5.82 Å². The molecular formula is C12H19N5O. The van der Waals surface area contributed by atoms with Gasteiger partial charge in [0.05, 0.1) is 18.8 Å². The zero-order valence-electron chi connectivity index (χ0n) is 11.1. The van der Waals surface area contributed by atoms with Gasteiger partial charge in [0, 0.05) is 13.1 Å². The average molecular weight is 249 g/mol. The lowest BCUT2D eigenvalue weighted by Gasteiger charge is -2.27. The van der Waals surface area contributed by atoms with Crippen LogP contribution < -0.4 is 10.6 Å². The highest BCUT2D eigenvalue weighted by Crippen LogP contribution is 2.29. The highest BCUT2D eigenvalue weighted by Gasteiger charge is 2.26. The van der Waals surface area contributed by atoms with Crippen LogP contribution in [0.5, 0.6) is 0 Å². The second-order valence-corrected chi connectivity index (χ2v) is 5.38. The molecule has 0 spiro atoms. The lowest BCUT2D eigenvalue weighted by Crippen LogP contribution is -2.37. The molecule has 0 atom stereocenters. The Balaban J connectivity index is 2.44. The molecule has 1 fully saturated rings. The molecule has 0 saturated carbocycles. The highest BCUT2D eigenvalue weighted by atomic mass is 16.5. The molecule has 0 amide bonds. The number of nitriles is 1. The topological polar surface area (TPSA) is 80.1 Å². The summed E-state index contributed by atoms with van der Waals surface area (Å²) in [6, 6.07) is 2.16. The van der Waals surface area contributed by atoms with Gasteiger partial charge in [-0.25, -0.2) is 4.68 Å². The molecule has 1 saturated heterocycles. The van der Waals surface area contributed by atoms with Crippen molar-refractivity contribution in [3.63, 3.8) is 0 Å². The van der Waals surface area contributed by atoms with Crippen LogP contribution in [-0.2, 0) is 10.3 Å². The maximum atomic E-state index is 9.27. The lowest BCUT2D eigenvalue weighted by molar-refractivity contribution is 0.122. The summed E-state index contributed by atoms with van der Waals surface area (Å²) in [6.45, 7) is 8.85. The first-order valence-electron chi connectivity index (χ1n) is 6.07. The summed E-state index contributed by atoms with van der Waals surface area (Å²) >= 11 is 0. The van der Waals surface area contributed by atoms with E-state index in [0.717, 1.165) is 13.1 Å². The summed E-state index contributed by atoms with van der Waals surface area (Å²) in [6.07, 6.45) is 0. The van der Waals surface area contributed by atoms with Gasteiger partial charge in [0.2, 0.25) is 0 Å². The van der Waals surface area contributed by atoms with Crippen LogP contribution in [0.25, 0.3) is 0 Å². The maximum Gasteiger partial charge on any atom is 0.171 e. The number of nitrogens with zero attached hydrogens (tertiary/aromatic N) is 4. The van der Waals surface area contributed by atoms with E-state index in [1.165, 1.54) is 0 Å². The summed E-state index contributed by atoms with van der Waals surface area (Å²) in [4.78, 5) is 2.06. The third-order valence-corrected chi connectivity index (χ3v) is 2.96. The Morgan fingerprint density at radius 3 is 2.44 bits per heavy atom. The summed E-state index contributed by atoms with van der Waals surface area (Å²) < 4.78 is 7.03. The predicted molar refractivity (Wildman–Crippen MR) is 69.4 cm³/mol. The fourth-order valence-electron chi connectivity index (χ4n) is 2.03. The van der Waals surface area contributed by atoms with Crippen molar-refractivity contribution >= 4 is 11.6 Å². The number of morpholine rings is 1. The van der Waals surface area contributed by atoms with Crippen LogP contribution in [0.4, 0.5) is 11.6 Å². The van der Waals surface area contributed by atoms with Crippen LogP contribution in [0.15, 0.2) is 0 Å². The SMILES string of the molecule is CC(C)(C)n1nc(N2CCOCC2)c(C#N)c1N. The summed E-state index contributed by atoms with van der Waals surface area (Å²) in [7, 11) is 0. The molecule has 0 aliphatic carbocycles. The van der Waals surface area contributed by atoms with Crippen molar-refractivity contribution in [2.75, 3.05) is 36.9 Å². The quantitative estimate of drug-likeness (QED) is 0.800. The average Bonchev–Trinajstić information content (AvgIpc) is 2.67. The first-order chi connectivity index (χ1) is 8.45. The van der Waals surface area contributed by atoms with Gasteiger partial charge in [0.25, 0.3) is 0 Å². The Bertz CT molecular complexity index is 474. The molecule has 6 heteroatoms. The van der Waals surface area contributed by atoms with E-state index in [1.54, 1.807) is 4.68 Å². The van der Waals surface area contributed by atoms with E-state index in [-0.39, 0.29) is 5.54 Å². The molecule has 6 nitrogen and oxygen atoms in total. The second kappa shape index (κ2) is 4.50. The van der Waals surface area contributed by atoms with Crippen molar-refractivity contribution in [2.45, 2.75) is 26.3 Å².